The summed E-state index contributed by atoms with van der Waals surface area (Å²) in [6.45, 7) is 9.95. The van der Waals surface area contributed by atoms with Crippen LogP contribution < -0.4 is 10.2 Å². The smallest absolute Gasteiger partial charge is 0.852 e. The summed E-state index contributed by atoms with van der Waals surface area (Å²) in [6.07, 6.45) is -0.833. The Morgan fingerprint density at radius 1 is 0.483 bits per heavy atom. The fourth-order valence-corrected chi connectivity index (χ4v) is 1.52. The van der Waals surface area contributed by atoms with Crippen LogP contribution in [-0.4, -0.2) is 132 Å². The molecule has 0 amide bonds. The Morgan fingerprint density at radius 3 is 0.655 bits per heavy atom. The second-order valence-corrected chi connectivity index (χ2v) is 6.12. The molecule has 0 aromatic carbocycles. The molecule has 10 nitrogen and oxygen atoms in total. The van der Waals surface area contributed by atoms with E-state index in [1.165, 1.54) is 0 Å². The molecule has 6 N–H and O–H groups in total. The monoisotopic (exact) mass is 464 g/mol. The maximum atomic E-state index is 9.53. The van der Waals surface area contributed by atoms with E-state index in [9.17, 15) is 10.2 Å². The minimum absolute atomic E-state index is 0. The maximum absolute atomic E-state index is 9.53. The van der Waals surface area contributed by atoms with E-state index < -0.39 is 12.2 Å². The van der Waals surface area contributed by atoms with Crippen LogP contribution in [0.4, 0.5) is 0 Å². The first-order valence-corrected chi connectivity index (χ1v) is 9.58. The first-order valence-electron chi connectivity index (χ1n) is 9.58. The summed E-state index contributed by atoms with van der Waals surface area (Å²) in [7, 11) is 0. The first-order chi connectivity index (χ1) is 13.2. The molecule has 178 valence electrons. The van der Waals surface area contributed by atoms with Crippen LogP contribution in [0.15, 0.2) is 0 Å². The van der Waals surface area contributed by atoms with E-state index >= 15 is 0 Å². The zero-order chi connectivity index (χ0) is 22.8. The van der Waals surface area contributed by atoms with Crippen LogP contribution in [0.3, 0.4) is 0 Å². The van der Waals surface area contributed by atoms with Crippen molar-refractivity contribution in [2.24, 2.45) is 0 Å². The van der Waals surface area contributed by atoms with Gasteiger partial charge in [0.2, 0.25) is 0 Å². The largest absolute Gasteiger partial charge is 2.00 e. The molecule has 0 atom stereocenters. The molecule has 0 rings (SSSR count). The predicted molar refractivity (Wildman–Crippen MR) is 106 cm³/mol. The normalized spacial score (nSPS) is 9.93. The summed E-state index contributed by atoms with van der Waals surface area (Å²) in [5, 5.41) is 70.0. The van der Waals surface area contributed by atoms with Gasteiger partial charge in [-0.2, -0.15) is 0 Å². The molecule has 0 bridgehead atoms. The van der Waals surface area contributed by atoms with Gasteiger partial charge in [0.25, 0.3) is 0 Å². The third-order valence-corrected chi connectivity index (χ3v) is 2.50. The Morgan fingerprint density at radius 2 is 0.586 bits per heavy atom. The Labute approximate surface area is 191 Å². The molecule has 0 heterocycles. The summed E-state index contributed by atoms with van der Waals surface area (Å²) >= 11 is 0. The topological polar surface area (TPSA) is 174 Å². The van der Waals surface area contributed by atoms with Crippen molar-refractivity contribution in [3.05, 3.63) is 0 Å². The summed E-state index contributed by atoms with van der Waals surface area (Å²) in [5.74, 6) is 0. The molecule has 0 aliphatic carbocycles. The van der Waals surface area contributed by atoms with Crippen molar-refractivity contribution in [2.45, 2.75) is 39.9 Å². The van der Waals surface area contributed by atoms with Crippen molar-refractivity contribution in [2.75, 3.05) is 78.9 Å². The minimum atomic E-state index is -0.417. The Hall–Kier alpha value is 0.314. The third kappa shape index (κ3) is 58.5. The quantitative estimate of drug-likeness (QED) is 0.156. The predicted octanol–water partition coefficient (Wildman–Crippen LogP) is -3.96. The number of nitrogens with zero attached hydrogens (tertiary/aromatic N) is 2. The number of hydrogen-bond acceptors (Lipinski definition) is 10. The van der Waals surface area contributed by atoms with Crippen LogP contribution in [0, 0.1) is 0 Å². The average molecular weight is 464 g/mol. The number of aliphatic hydroxyl groups is 6. The second-order valence-electron chi connectivity index (χ2n) is 6.12. The van der Waals surface area contributed by atoms with Gasteiger partial charge in [-0.1, -0.05) is 27.7 Å². The minimum Gasteiger partial charge on any atom is -0.852 e. The Bertz CT molecular complexity index is 198. The van der Waals surface area contributed by atoms with Crippen molar-refractivity contribution in [3.63, 3.8) is 0 Å². The van der Waals surface area contributed by atoms with Gasteiger partial charge < -0.3 is 40.9 Å². The number of hydrogen-bond donors (Lipinski definition) is 6. The molecule has 0 saturated carbocycles. The van der Waals surface area contributed by atoms with Gasteiger partial charge in [-0.05, 0) is 0 Å². The van der Waals surface area contributed by atoms with E-state index in [1.54, 1.807) is 37.5 Å². The van der Waals surface area contributed by atoms with Crippen LogP contribution in [0.2, 0.25) is 0 Å². The van der Waals surface area contributed by atoms with E-state index in [4.69, 9.17) is 30.6 Å². The van der Waals surface area contributed by atoms with Crippen LogP contribution in [0.1, 0.15) is 27.7 Å². The van der Waals surface area contributed by atoms with Crippen LogP contribution in [0.25, 0.3) is 0 Å². The Kier molecular flexibility index (Phi) is 49.0. The zero-order valence-corrected chi connectivity index (χ0v) is 20.1. The van der Waals surface area contributed by atoms with Gasteiger partial charge in [-0.25, -0.2) is 0 Å². The average Bonchev–Trinajstić information content (AvgIpc) is 2.56. The molecule has 0 spiro atoms. The number of rotatable bonds is 12. The fraction of sp³-hybridized carbons (Fsp3) is 1.00. The molecule has 0 aliphatic heterocycles. The first kappa shape index (κ1) is 39.8. The molecule has 0 aromatic rings. The van der Waals surface area contributed by atoms with E-state index in [-0.39, 0.29) is 61.4 Å². The summed E-state index contributed by atoms with van der Waals surface area (Å²) in [4.78, 5) is 3.58. The molecular formula is C18H44N2O8Ti. The standard InChI is InChI=1S/2C6H15NO3.2C3H7O.Ti/c2*8-4-1-7(2-5-9)3-6-10;2*1-3(2)4;/h2*8-10H,1-6H2;2*3H,1-2H3;/q;;2*-1;+2. The molecule has 0 aliphatic rings. The van der Waals surface area contributed by atoms with Gasteiger partial charge in [0, 0.05) is 39.3 Å². The summed E-state index contributed by atoms with van der Waals surface area (Å²) in [6, 6.07) is 0. The zero-order valence-electron chi connectivity index (χ0n) is 18.5. The van der Waals surface area contributed by atoms with Crippen LogP contribution in [0.5, 0.6) is 0 Å². The molecule has 0 radical (unpaired) electrons. The molecule has 11 heteroatoms. The van der Waals surface area contributed by atoms with Crippen molar-refractivity contribution in [3.8, 4) is 0 Å². The number of aliphatic hydroxyl groups excluding tert-OH is 6. The van der Waals surface area contributed by atoms with Crippen molar-refractivity contribution >= 4 is 0 Å². The van der Waals surface area contributed by atoms with Crippen molar-refractivity contribution < 1.29 is 62.6 Å². The van der Waals surface area contributed by atoms with Crippen LogP contribution in [-0.2, 0) is 21.7 Å². The van der Waals surface area contributed by atoms with Gasteiger partial charge in [0.15, 0.2) is 0 Å². The SMILES string of the molecule is CC(C)[O-].CC(C)[O-].OCCN(CCO)CCO.OCCN(CCO)CCO.[Ti+2]. The molecule has 29 heavy (non-hydrogen) atoms. The van der Waals surface area contributed by atoms with Gasteiger partial charge in [0.1, 0.15) is 0 Å². The fourth-order valence-electron chi connectivity index (χ4n) is 1.52. The summed E-state index contributed by atoms with van der Waals surface area (Å²) < 4.78 is 0. The Balaban J connectivity index is -0.0000000950. The third-order valence-electron chi connectivity index (χ3n) is 2.50. The molecule has 0 aromatic heterocycles. The van der Waals surface area contributed by atoms with Crippen molar-refractivity contribution in [1.82, 2.24) is 9.80 Å². The van der Waals surface area contributed by atoms with Gasteiger partial charge in [-0.15, -0.1) is 12.2 Å². The van der Waals surface area contributed by atoms with Gasteiger partial charge in [-0.3, -0.25) is 9.80 Å². The second kappa shape index (κ2) is 35.7. The molecule has 0 saturated heterocycles. The van der Waals surface area contributed by atoms with E-state index in [0.29, 0.717) is 39.3 Å². The van der Waals surface area contributed by atoms with E-state index in [0.717, 1.165) is 0 Å². The van der Waals surface area contributed by atoms with E-state index in [1.807, 2.05) is 0 Å². The van der Waals surface area contributed by atoms with Crippen molar-refractivity contribution in [1.29, 1.82) is 0 Å². The van der Waals surface area contributed by atoms with Gasteiger partial charge >= 0.3 is 21.7 Å². The molecular weight excluding hydrogens is 420 g/mol. The van der Waals surface area contributed by atoms with E-state index in [2.05, 4.69) is 0 Å². The van der Waals surface area contributed by atoms with Crippen LogP contribution >= 0.6 is 0 Å². The maximum Gasteiger partial charge on any atom is 2.00 e. The van der Waals surface area contributed by atoms with Gasteiger partial charge in [0.05, 0.1) is 39.6 Å². The molecule has 0 fully saturated rings. The summed E-state index contributed by atoms with van der Waals surface area (Å²) in [5.41, 5.74) is 0. The molecule has 0 unspecified atom stereocenters.